The number of carboxylic acid groups (broad SMARTS) is 1. The molecule has 1 aliphatic heterocycles. The Kier molecular flexibility index (Phi) is 5.63. The normalized spacial score (nSPS) is 15.3. The van der Waals surface area contributed by atoms with E-state index >= 15 is 0 Å². The Bertz CT molecular complexity index is 1120. The molecule has 0 aliphatic carbocycles. The van der Waals surface area contributed by atoms with Gasteiger partial charge in [0.2, 0.25) is 0 Å². The fourth-order valence-electron chi connectivity index (χ4n) is 3.52. The molecule has 0 saturated carbocycles. The van der Waals surface area contributed by atoms with Crippen LogP contribution < -0.4 is 4.90 Å². The zero-order valence-corrected chi connectivity index (χ0v) is 16.9. The number of aromatic nitrogens is 4. The maximum Gasteiger partial charge on any atom is 0.326 e. The number of hydrogen-bond donors (Lipinski definition) is 1. The first-order valence-electron chi connectivity index (χ1n) is 9.38. The second-order valence-electron chi connectivity index (χ2n) is 6.89. The third-order valence-electron chi connectivity index (χ3n) is 5.01. The van der Waals surface area contributed by atoms with E-state index in [0.717, 1.165) is 10.5 Å². The lowest BCUT2D eigenvalue weighted by atomic mass is 10.0. The van der Waals surface area contributed by atoms with E-state index in [4.69, 9.17) is 11.6 Å². The molecule has 1 aliphatic rings. The molecule has 0 unspecified atom stereocenters. The van der Waals surface area contributed by atoms with Gasteiger partial charge in [-0.1, -0.05) is 41.9 Å². The minimum atomic E-state index is -1.17. The first-order valence-corrected chi connectivity index (χ1v) is 9.75. The van der Waals surface area contributed by atoms with Gasteiger partial charge in [0.25, 0.3) is 0 Å². The Hall–Kier alpha value is -3.79. The number of amides is 2. The van der Waals surface area contributed by atoms with Gasteiger partial charge >= 0.3 is 17.8 Å². The molecule has 2 amide bonds. The lowest BCUT2D eigenvalue weighted by Gasteiger charge is -2.37. The number of aliphatic carboxylic acids is 1. The van der Waals surface area contributed by atoms with Crippen LogP contribution in [-0.2, 0) is 20.8 Å². The molecule has 1 saturated heterocycles. The first kappa shape index (κ1) is 20.5. The molecule has 2 heterocycles. The number of benzene rings is 2. The summed E-state index contributed by atoms with van der Waals surface area (Å²) in [4.78, 5) is 40.2. The second kappa shape index (κ2) is 8.52. The summed E-state index contributed by atoms with van der Waals surface area (Å²) in [5.74, 6) is -2.91. The van der Waals surface area contributed by atoms with Crippen LogP contribution in [0.1, 0.15) is 5.56 Å². The van der Waals surface area contributed by atoms with Crippen LogP contribution >= 0.6 is 11.6 Å². The van der Waals surface area contributed by atoms with Crippen LogP contribution in [-0.4, -0.2) is 67.1 Å². The van der Waals surface area contributed by atoms with Crippen LogP contribution in [0.4, 0.5) is 5.69 Å². The number of piperazine rings is 1. The van der Waals surface area contributed by atoms with Crippen molar-refractivity contribution < 1.29 is 19.5 Å². The summed E-state index contributed by atoms with van der Waals surface area (Å²) in [7, 11) is 0. The van der Waals surface area contributed by atoms with Crippen molar-refractivity contribution in [3.63, 3.8) is 0 Å². The molecular formula is C20H17ClN6O4. The van der Waals surface area contributed by atoms with Crippen LogP contribution in [0.5, 0.6) is 0 Å². The Morgan fingerprint density at radius 1 is 1.06 bits per heavy atom. The molecule has 158 valence electrons. The zero-order valence-electron chi connectivity index (χ0n) is 16.1. The Labute approximate surface area is 181 Å². The van der Waals surface area contributed by atoms with Crippen molar-refractivity contribution in [1.29, 1.82) is 0 Å². The number of halogens is 1. The van der Waals surface area contributed by atoms with Gasteiger partial charge in [-0.3, -0.25) is 9.59 Å². The number of anilines is 1. The van der Waals surface area contributed by atoms with E-state index in [2.05, 4.69) is 15.5 Å². The molecule has 1 atom stereocenters. The predicted molar refractivity (Wildman–Crippen MR) is 110 cm³/mol. The van der Waals surface area contributed by atoms with E-state index in [1.165, 1.54) is 22.0 Å². The van der Waals surface area contributed by atoms with Crippen molar-refractivity contribution in [2.24, 2.45) is 0 Å². The van der Waals surface area contributed by atoms with E-state index in [9.17, 15) is 19.5 Å². The number of carbonyl (C=O) groups is 3. The molecule has 0 radical (unpaired) electrons. The summed E-state index contributed by atoms with van der Waals surface area (Å²) in [6.07, 6.45) is 1.46. The summed E-state index contributed by atoms with van der Waals surface area (Å²) in [6.45, 7) is 0.147. The highest BCUT2D eigenvalue weighted by molar-refractivity contribution is 6.41. The van der Waals surface area contributed by atoms with Crippen LogP contribution in [0.3, 0.4) is 0 Å². The molecule has 1 aromatic heterocycles. The van der Waals surface area contributed by atoms with Gasteiger partial charge in [-0.15, -0.1) is 5.10 Å². The average molecular weight is 441 g/mol. The van der Waals surface area contributed by atoms with E-state index in [1.807, 2.05) is 6.07 Å². The SMILES string of the molecule is O=C(O)[C@H](Cc1ccccc1)N1CCN(c2cc(Cl)ccc2-n2cnnn2)C(=O)C1=O. The molecule has 11 heteroatoms. The second-order valence-corrected chi connectivity index (χ2v) is 7.32. The van der Waals surface area contributed by atoms with Gasteiger partial charge < -0.3 is 14.9 Å². The molecule has 4 rings (SSSR count). The minimum Gasteiger partial charge on any atom is -0.480 e. The Morgan fingerprint density at radius 3 is 2.52 bits per heavy atom. The summed E-state index contributed by atoms with van der Waals surface area (Å²) in [6, 6.07) is 12.6. The van der Waals surface area contributed by atoms with Gasteiger partial charge in [0, 0.05) is 24.5 Å². The summed E-state index contributed by atoms with van der Waals surface area (Å²) in [5, 5.41) is 21.1. The molecule has 1 N–H and O–H groups in total. The monoisotopic (exact) mass is 440 g/mol. The lowest BCUT2D eigenvalue weighted by Crippen LogP contribution is -2.59. The summed E-state index contributed by atoms with van der Waals surface area (Å²) in [5.41, 5.74) is 1.57. The smallest absolute Gasteiger partial charge is 0.326 e. The maximum absolute atomic E-state index is 13.0. The predicted octanol–water partition coefficient (Wildman–Crippen LogP) is 1.19. The third kappa shape index (κ3) is 4.10. The number of carboxylic acids is 1. The number of nitrogens with zero attached hydrogens (tertiary/aromatic N) is 6. The third-order valence-corrected chi connectivity index (χ3v) is 5.25. The van der Waals surface area contributed by atoms with Crippen LogP contribution in [0.25, 0.3) is 5.69 Å². The van der Waals surface area contributed by atoms with Gasteiger partial charge in [0.1, 0.15) is 12.4 Å². The zero-order chi connectivity index (χ0) is 22.0. The maximum atomic E-state index is 13.0. The van der Waals surface area contributed by atoms with E-state index < -0.39 is 23.8 Å². The minimum absolute atomic E-state index is 0.0515. The van der Waals surface area contributed by atoms with Crippen molar-refractivity contribution in [1.82, 2.24) is 25.1 Å². The summed E-state index contributed by atoms with van der Waals surface area (Å²) < 4.78 is 1.35. The van der Waals surface area contributed by atoms with E-state index in [1.54, 1.807) is 36.4 Å². The average Bonchev–Trinajstić information content (AvgIpc) is 3.29. The van der Waals surface area contributed by atoms with Gasteiger partial charge in [-0.25, -0.2) is 4.79 Å². The number of tetrazole rings is 1. The lowest BCUT2D eigenvalue weighted by molar-refractivity contribution is -0.155. The molecular weight excluding hydrogens is 424 g/mol. The topological polar surface area (TPSA) is 122 Å². The molecule has 3 aromatic rings. The number of carbonyl (C=O) groups excluding carboxylic acids is 2. The van der Waals surface area contributed by atoms with Gasteiger partial charge in [0.05, 0.1) is 11.4 Å². The molecule has 0 bridgehead atoms. The van der Waals surface area contributed by atoms with Crippen LogP contribution in [0, 0.1) is 0 Å². The molecule has 0 spiro atoms. The van der Waals surface area contributed by atoms with E-state index in [-0.39, 0.29) is 19.5 Å². The number of hydrogen-bond acceptors (Lipinski definition) is 6. The van der Waals surface area contributed by atoms with Crippen molar-refractivity contribution >= 4 is 35.1 Å². The standard InChI is InChI=1S/C20H17ClN6O4/c21-14-6-7-15(27-12-22-23-24-27)16(11-14)25-8-9-26(19(29)18(25)28)17(20(30)31)10-13-4-2-1-3-5-13/h1-7,11-12,17H,8-10H2,(H,30,31)/t17-/m0/s1. The Morgan fingerprint density at radius 2 is 1.84 bits per heavy atom. The fourth-order valence-corrected chi connectivity index (χ4v) is 3.69. The van der Waals surface area contributed by atoms with Crippen molar-refractivity contribution in [2.75, 3.05) is 18.0 Å². The van der Waals surface area contributed by atoms with Crippen LogP contribution in [0.2, 0.25) is 5.02 Å². The van der Waals surface area contributed by atoms with Crippen molar-refractivity contribution in [2.45, 2.75) is 12.5 Å². The Balaban J connectivity index is 1.62. The molecule has 10 nitrogen and oxygen atoms in total. The van der Waals surface area contributed by atoms with Gasteiger partial charge in [-0.2, -0.15) is 4.68 Å². The van der Waals surface area contributed by atoms with Crippen molar-refractivity contribution in [3.05, 3.63) is 65.4 Å². The number of rotatable bonds is 6. The fraction of sp³-hybridized carbons (Fsp3) is 0.200. The highest BCUT2D eigenvalue weighted by atomic mass is 35.5. The highest BCUT2D eigenvalue weighted by Crippen LogP contribution is 2.29. The van der Waals surface area contributed by atoms with Gasteiger partial charge in [0.15, 0.2) is 0 Å². The van der Waals surface area contributed by atoms with Gasteiger partial charge in [-0.05, 0) is 34.2 Å². The highest BCUT2D eigenvalue weighted by Gasteiger charge is 2.40. The molecule has 2 aromatic carbocycles. The quantitative estimate of drug-likeness (QED) is 0.571. The first-order chi connectivity index (χ1) is 15.0. The van der Waals surface area contributed by atoms with E-state index in [0.29, 0.717) is 16.4 Å². The van der Waals surface area contributed by atoms with Crippen molar-refractivity contribution in [3.8, 4) is 5.69 Å². The van der Waals surface area contributed by atoms with Crippen LogP contribution in [0.15, 0.2) is 54.9 Å². The molecule has 1 fully saturated rings. The largest absolute Gasteiger partial charge is 0.480 e. The molecule has 31 heavy (non-hydrogen) atoms. The summed E-state index contributed by atoms with van der Waals surface area (Å²) >= 11 is 6.12.